The van der Waals surface area contributed by atoms with Crippen molar-refractivity contribution < 1.29 is 4.74 Å². The van der Waals surface area contributed by atoms with Crippen molar-refractivity contribution in [2.75, 3.05) is 39.4 Å². The van der Waals surface area contributed by atoms with Crippen LogP contribution in [0.2, 0.25) is 0 Å². The zero-order valence-corrected chi connectivity index (χ0v) is 14.7. The molecule has 0 aliphatic carbocycles. The van der Waals surface area contributed by atoms with Crippen molar-refractivity contribution in [1.29, 1.82) is 0 Å². The topological polar surface area (TPSA) is 24.5 Å². The van der Waals surface area contributed by atoms with Gasteiger partial charge in [0.05, 0.1) is 6.61 Å². The highest BCUT2D eigenvalue weighted by atomic mass is 16.5. The molecule has 3 unspecified atom stereocenters. The van der Waals surface area contributed by atoms with E-state index in [-0.39, 0.29) is 0 Å². The van der Waals surface area contributed by atoms with Gasteiger partial charge >= 0.3 is 0 Å². The predicted octanol–water partition coefficient (Wildman–Crippen LogP) is 3.15. The van der Waals surface area contributed by atoms with Crippen molar-refractivity contribution in [2.24, 2.45) is 17.3 Å². The van der Waals surface area contributed by atoms with Crippen molar-refractivity contribution >= 4 is 0 Å². The van der Waals surface area contributed by atoms with Gasteiger partial charge in [-0.15, -0.1) is 0 Å². The van der Waals surface area contributed by atoms with Gasteiger partial charge in [0.2, 0.25) is 0 Å². The monoisotopic (exact) mass is 296 g/mol. The summed E-state index contributed by atoms with van der Waals surface area (Å²) in [4.78, 5) is 2.71. The van der Waals surface area contributed by atoms with Crippen LogP contribution in [0, 0.1) is 17.3 Å². The largest absolute Gasteiger partial charge is 0.381 e. The standard InChI is InChI=1S/C18H36N2O/c1-5-19-17(15-9-12-21-14-15)13-20-10-6-7-16(8-11-20)18(2,3)4/h15-17,19H,5-14H2,1-4H3. The van der Waals surface area contributed by atoms with Crippen LogP contribution in [0.5, 0.6) is 0 Å². The smallest absolute Gasteiger partial charge is 0.0510 e. The molecule has 0 aromatic heterocycles. The highest BCUT2D eigenvalue weighted by Gasteiger charge is 2.30. The molecule has 2 aliphatic heterocycles. The minimum Gasteiger partial charge on any atom is -0.381 e. The number of nitrogens with one attached hydrogen (secondary N) is 1. The summed E-state index contributed by atoms with van der Waals surface area (Å²) >= 11 is 0. The molecule has 0 radical (unpaired) electrons. The lowest BCUT2D eigenvalue weighted by Gasteiger charge is -2.31. The molecule has 0 aromatic rings. The molecule has 2 rings (SSSR count). The first-order valence-corrected chi connectivity index (χ1v) is 9.04. The normalized spacial score (nSPS) is 30.3. The average Bonchev–Trinajstić information content (AvgIpc) is 2.83. The summed E-state index contributed by atoms with van der Waals surface area (Å²) in [7, 11) is 0. The maximum absolute atomic E-state index is 5.60. The molecule has 21 heavy (non-hydrogen) atoms. The molecule has 3 nitrogen and oxygen atoms in total. The summed E-state index contributed by atoms with van der Waals surface area (Å²) in [6, 6.07) is 0.615. The molecule has 0 spiro atoms. The number of likely N-dealkylation sites (N-methyl/N-ethyl adjacent to an activating group) is 1. The minimum atomic E-state index is 0.469. The van der Waals surface area contributed by atoms with Crippen molar-refractivity contribution in [3.05, 3.63) is 0 Å². The van der Waals surface area contributed by atoms with Crippen molar-refractivity contribution in [1.82, 2.24) is 10.2 Å². The summed E-state index contributed by atoms with van der Waals surface area (Å²) in [6.45, 7) is 16.2. The Morgan fingerprint density at radius 2 is 2.00 bits per heavy atom. The van der Waals surface area contributed by atoms with Crippen LogP contribution in [0.3, 0.4) is 0 Å². The second-order valence-electron chi connectivity index (χ2n) is 8.08. The first-order valence-electron chi connectivity index (χ1n) is 9.04. The van der Waals surface area contributed by atoms with E-state index < -0.39 is 0 Å². The Bertz CT molecular complexity index is 294. The zero-order valence-electron chi connectivity index (χ0n) is 14.7. The summed E-state index contributed by atoms with van der Waals surface area (Å²) in [5.74, 6) is 1.60. The van der Waals surface area contributed by atoms with Gasteiger partial charge in [-0.2, -0.15) is 0 Å². The number of ether oxygens (including phenoxy) is 1. The lowest BCUT2D eigenvalue weighted by atomic mass is 9.77. The van der Waals surface area contributed by atoms with E-state index in [0.29, 0.717) is 17.4 Å². The number of nitrogens with zero attached hydrogens (tertiary/aromatic N) is 1. The molecule has 2 saturated heterocycles. The molecular formula is C18H36N2O. The van der Waals surface area contributed by atoms with E-state index in [1.165, 1.54) is 45.3 Å². The maximum atomic E-state index is 5.60. The third-order valence-electron chi connectivity index (χ3n) is 5.50. The lowest BCUT2D eigenvalue weighted by Crippen LogP contribution is -2.46. The van der Waals surface area contributed by atoms with Gasteiger partial charge in [0.25, 0.3) is 0 Å². The third kappa shape index (κ3) is 5.22. The second-order valence-corrected chi connectivity index (χ2v) is 8.08. The first-order chi connectivity index (χ1) is 10.0. The fourth-order valence-corrected chi connectivity index (χ4v) is 4.00. The highest BCUT2D eigenvalue weighted by molar-refractivity contribution is 4.85. The Hall–Kier alpha value is -0.120. The highest BCUT2D eigenvalue weighted by Crippen LogP contribution is 2.34. The quantitative estimate of drug-likeness (QED) is 0.843. The summed E-state index contributed by atoms with van der Waals surface area (Å²) in [6.07, 6.45) is 5.36. The molecule has 0 amide bonds. The molecule has 1 N–H and O–H groups in total. The number of hydrogen-bond donors (Lipinski definition) is 1. The Balaban J connectivity index is 1.85. The molecule has 0 aromatic carbocycles. The zero-order chi connectivity index (χ0) is 15.3. The summed E-state index contributed by atoms with van der Waals surface area (Å²) < 4.78 is 5.60. The van der Waals surface area contributed by atoms with Crippen LogP contribution >= 0.6 is 0 Å². The molecule has 3 heteroatoms. The molecule has 2 aliphatic rings. The van der Waals surface area contributed by atoms with Crippen LogP contribution in [0.25, 0.3) is 0 Å². The van der Waals surface area contributed by atoms with Gasteiger partial charge in [-0.1, -0.05) is 27.7 Å². The summed E-state index contributed by atoms with van der Waals surface area (Å²) in [5, 5.41) is 3.71. The van der Waals surface area contributed by atoms with Crippen LogP contribution < -0.4 is 5.32 Å². The number of hydrogen-bond acceptors (Lipinski definition) is 3. The molecule has 0 bridgehead atoms. The van der Waals surface area contributed by atoms with Gasteiger partial charge in [-0.3, -0.25) is 0 Å². The minimum absolute atomic E-state index is 0.469. The van der Waals surface area contributed by atoms with Crippen LogP contribution in [0.4, 0.5) is 0 Å². The number of likely N-dealkylation sites (tertiary alicyclic amines) is 1. The molecule has 124 valence electrons. The van der Waals surface area contributed by atoms with Crippen LogP contribution in [0.1, 0.15) is 53.4 Å². The van der Waals surface area contributed by atoms with E-state index in [2.05, 4.69) is 37.9 Å². The maximum Gasteiger partial charge on any atom is 0.0510 e. The van der Waals surface area contributed by atoms with Crippen molar-refractivity contribution in [3.63, 3.8) is 0 Å². The van der Waals surface area contributed by atoms with E-state index in [1.54, 1.807) is 0 Å². The van der Waals surface area contributed by atoms with Crippen LogP contribution in [0.15, 0.2) is 0 Å². The fraction of sp³-hybridized carbons (Fsp3) is 1.00. The molecule has 0 saturated carbocycles. The predicted molar refractivity (Wildman–Crippen MR) is 89.6 cm³/mol. The first kappa shape index (κ1) is 17.2. The second kappa shape index (κ2) is 7.94. The molecule has 2 fully saturated rings. The van der Waals surface area contributed by atoms with Crippen molar-refractivity contribution in [3.8, 4) is 0 Å². The Morgan fingerprint density at radius 3 is 2.62 bits per heavy atom. The van der Waals surface area contributed by atoms with Crippen LogP contribution in [-0.4, -0.2) is 50.3 Å². The Kier molecular flexibility index (Phi) is 6.51. The van der Waals surface area contributed by atoms with E-state index in [0.717, 1.165) is 25.7 Å². The molecule has 3 atom stereocenters. The van der Waals surface area contributed by atoms with E-state index in [1.807, 2.05) is 0 Å². The van der Waals surface area contributed by atoms with E-state index in [9.17, 15) is 0 Å². The van der Waals surface area contributed by atoms with Gasteiger partial charge in [-0.25, -0.2) is 0 Å². The van der Waals surface area contributed by atoms with Gasteiger partial charge in [0.1, 0.15) is 0 Å². The SMILES string of the molecule is CCNC(CN1CCCC(C(C)(C)C)CC1)C1CCOC1. The van der Waals surface area contributed by atoms with Gasteiger partial charge in [-0.05, 0) is 56.7 Å². The van der Waals surface area contributed by atoms with Gasteiger partial charge in [0.15, 0.2) is 0 Å². The third-order valence-corrected chi connectivity index (χ3v) is 5.50. The summed E-state index contributed by atoms with van der Waals surface area (Å²) in [5.41, 5.74) is 0.469. The Labute approximate surface area is 131 Å². The van der Waals surface area contributed by atoms with Gasteiger partial charge in [0, 0.05) is 25.1 Å². The van der Waals surface area contributed by atoms with Gasteiger partial charge < -0.3 is 15.0 Å². The van der Waals surface area contributed by atoms with E-state index >= 15 is 0 Å². The fourth-order valence-electron chi connectivity index (χ4n) is 4.00. The Morgan fingerprint density at radius 1 is 1.19 bits per heavy atom. The number of rotatable bonds is 5. The van der Waals surface area contributed by atoms with Crippen LogP contribution in [-0.2, 0) is 4.74 Å². The molecular weight excluding hydrogens is 260 g/mol. The van der Waals surface area contributed by atoms with E-state index in [4.69, 9.17) is 4.74 Å². The lowest BCUT2D eigenvalue weighted by molar-refractivity contribution is 0.159. The van der Waals surface area contributed by atoms with Crippen molar-refractivity contribution in [2.45, 2.75) is 59.4 Å². The average molecular weight is 296 g/mol. The molecule has 2 heterocycles.